The van der Waals surface area contributed by atoms with E-state index in [9.17, 15) is 0 Å². The Balaban J connectivity index is 1.80. The monoisotopic (exact) mass is 281 g/mol. The molecule has 2 heterocycles. The van der Waals surface area contributed by atoms with Crippen molar-refractivity contribution in [1.29, 1.82) is 0 Å². The van der Waals surface area contributed by atoms with Crippen LogP contribution in [0.1, 0.15) is 12.8 Å². The third-order valence-electron chi connectivity index (χ3n) is 2.66. The molecule has 2 rings (SSSR count). The average Bonchev–Trinajstić information content (AvgIpc) is 2.33. The summed E-state index contributed by atoms with van der Waals surface area (Å²) in [5.41, 5.74) is 1.54. The van der Waals surface area contributed by atoms with Crippen LogP contribution in [0.4, 0.5) is 5.82 Å². The summed E-state index contributed by atoms with van der Waals surface area (Å²) < 4.78 is 1.02. The van der Waals surface area contributed by atoms with E-state index in [4.69, 9.17) is 0 Å². The van der Waals surface area contributed by atoms with E-state index < -0.39 is 0 Å². The Morgan fingerprint density at radius 3 is 3.19 bits per heavy atom. The Morgan fingerprint density at radius 2 is 2.44 bits per heavy atom. The molecule has 3 nitrogen and oxygen atoms in total. The minimum Gasteiger partial charge on any atom is -0.369 e. The van der Waals surface area contributed by atoms with Crippen LogP contribution in [0, 0.1) is 0 Å². The number of nitrogens with one attached hydrogen (secondary N) is 2. The minimum atomic E-state index is 0.928. The predicted octanol–water partition coefficient (Wildman–Crippen LogP) is 2.57. The van der Waals surface area contributed by atoms with Gasteiger partial charge in [-0.3, -0.25) is 0 Å². The summed E-state index contributed by atoms with van der Waals surface area (Å²) in [5, 5.41) is 6.66. The summed E-state index contributed by atoms with van der Waals surface area (Å²) in [4.78, 5) is 4.27. The van der Waals surface area contributed by atoms with Gasteiger partial charge in [0.05, 0.1) is 4.47 Å². The van der Waals surface area contributed by atoms with Gasteiger partial charge in [0, 0.05) is 19.3 Å². The molecule has 0 radical (unpaired) electrons. The number of halogens is 1. The van der Waals surface area contributed by atoms with Crippen LogP contribution in [0.3, 0.4) is 0 Å². The number of nitrogens with zero attached hydrogens (tertiary/aromatic N) is 1. The van der Waals surface area contributed by atoms with Crippen LogP contribution in [-0.2, 0) is 0 Å². The highest BCUT2D eigenvalue weighted by Gasteiger charge is 2.03. The maximum atomic E-state index is 4.27. The topological polar surface area (TPSA) is 37.0 Å². The van der Waals surface area contributed by atoms with Gasteiger partial charge in [-0.2, -0.15) is 0 Å². The summed E-state index contributed by atoms with van der Waals surface area (Å²) in [6.45, 7) is 3.07. The van der Waals surface area contributed by atoms with Crippen molar-refractivity contribution in [2.24, 2.45) is 0 Å². The lowest BCUT2D eigenvalue weighted by molar-refractivity contribution is 0.683. The van der Waals surface area contributed by atoms with Crippen LogP contribution in [0.25, 0.3) is 0 Å². The van der Waals surface area contributed by atoms with Crippen molar-refractivity contribution >= 4 is 21.7 Å². The zero-order valence-corrected chi connectivity index (χ0v) is 10.8. The zero-order chi connectivity index (χ0) is 11.2. The predicted molar refractivity (Wildman–Crippen MR) is 70.6 cm³/mol. The fourth-order valence-corrected chi connectivity index (χ4v) is 2.15. The molecular weight excluding hydrogens is 266 g/mol. The normalized spacial score (nSPS) is 15.7. The molecule has 16 heavy (non-hydrogen) atoms. The molecular formula is C12H16BrN3. The van der Waals surface area contributed by atoms with Gasteiger partial charge in [0.15, 0.2) is 0 Å². The SMILES string of the molecule is Brc1cccnc1NCCC1=CCNCC1. The molecule has 0 bridgehead atoms. The van der Waals surface area contributed by atoms with E-state index in [-0.39, 0.29) is 0 Å². The number of hydrogen-bond acceptors (Lipinski definition) is 3. The molecule has 1 aliphatic heterocycles. The second kappa shape index (κ2) is 6.01. The van der Waals surface area contributed by atoms with Gasteiger partial charge in [0.1, 0.15) is 5.82 Å². The molecule has 0 unspecified atom stereocenters. The molecule has 4 heteroatoms. The minimum absolute atomic E-state index is 0.928. The molecule has 1 aromatic rings. The van der Waals surface area contributed by atoms with E-state index in [1.165, 1.54) is 6.42 Å². The highest BCUT2D eigenvalue weighted by molar-refractivity contribution is 9.10. The molecule has 0 fully saturated rings. The Bertz CT molecular complexity index is 376. The molecule has 0 saturated carbocycles. The first-order valence-corrected chi connectivity index (χ1v) is 6.38. The second-order valence-electron chi connectivity index (χ2n) is 3.83. The molecule has 1 aromatic heterocycles. The summed E-state index contributed by atoms with van der Waals surface area (Å²) in [5.74, 6) is 0.928. The van der Waals surface area contributed by atoms with Gasteiger partial charge in [-0.25, -0.2) is 4.98 Å². The molecule has 86 valence electrons. The summed E-state index contributed by atoms with van der Waals surface area (Å²) >= 11 is 3.47. The maximum absolute atomic E-state index is 4.27. The van der Waals surface area contributed by atoms with Gasteiger partial charge in [-0.15, -0.1) is 0 Å². The molecule has 2 N–H and O–H groups in total. The Labute approximate surface area is 104 Å². The first-order valence-electron chi connectivity index (χ1n) is 5.59. The van der Waals surface area contributed by atoms with Crippen molar-refractivity contribution in [3.63, 3.8) is 0 Å². The number of aromatic nitrogens is 1. The van der Waals surface area contributed by atoms with E-state index in [0.29, 0.717) is 0 Å². The Morgan fingerprint density at radius 1 is 1.50 bits per heavy atom. The second-order valence-corrected chi connectivity index (χ2v) is 4.68. The van der Waals surface area contributed by atoms with Crippen LogP contribution in [0.15, 0.2) is 34.5 Å². The van der Waals surface area contributed by atoms with Gasteiger partial charge in [0.25, 0.3) is 0 Å². The highest BCUT2D eigenvalue weighted by atomic mass is 79.9. The molecule has 0 amide bonds. The van der Waals surface area contributed by atoms with Crippen LogP contribution < -0.4 is 10.6 Å². The fraction of sp³-hybridized carbons (Fsp3) is 0.417. The standard InChI is InChI=1S/C12H16BrN3/c13-11-2-1-6-15-12(11)16-9-5-10-3-7-14-8-4-10/h1-3,6,14H,4-5,7-9H2,(H,15,16). The van der Waals surface area contributed by atoms with Gasteiger partial charge < -0.3 is 10.6 Å². The number of pyridine rings is 1. The average molecular weight is 282 g/mol. The summed E-state index contributed by atoms with van der Waals surface area (Å²) in [7, 11) is 0. The van der Waals surface area contributed by atoms with E-state index in [0.717, 1.165) is 36.3 Å². The van der Waals surface area contributed by atoms with Crippen LogP contribution in [0.5, 0.6) is 0 Å². The lowest BCUT2D eigenvalue weighted by atomic mass is 10.1. The quantitative estimate of drug-likeness (QED) is 0.833. The Hall–Kier alpha value is -0.870. The van der Waals surface area contributed by atoms with Gasteiger partial charge in [-0.05, 0) is 47.4 Å². The smallest absolute Gasteiger partial charge is 0.140 e. The lowest BCUT2D eigenvalue weighted by Crippen LogP contribution is -2.21. The molecule has 0 spiro atoms. The van der Waals surface area contributed by atoms with E-state index in [1.54, 1.807) is 11.8 Å². The van der Waals surface area contributed by atoms with Crippen LogP contribution in [0.2, 0.25) is 0 Å². The number of anilines is 1. The van der Waals surface area contributed by atoms with Crippen LogP contribution >= 0.6 is 15.9 Å². The van der Waals surface area contributed by atoms with Crippen molar-refractivity contribution in [2.75, 3.05) is 25.0 Å². The number of rotatable bonds is 4. The molecule has 1 aliphatic rings. The maximum Gasteiger partial charge on any atom is 0.140 e. The van der Waals surface area contributed by atoms with Crippen molar-refractivity contribution in [2.45, 2.75) is 12.8 Å². The molecule has 0 aromatic carbocycles. The van der Waals surface area contributed by atoms with Crippen LogP contribution in [-0.4, -0.2) is 24.6 Å². The van der Waals surface area contributed by atoms with Crippen molar-refractivity contribution in [3.05, 3.63) is 34.5 Å². The van der Waals surface area contributed by atoms with Gasteiger partial charge >= 0.3 is 0 Å². The highest BCUT2D eigenvalue weighted by Crippen LogP contribution is 2.18. The largest absolute Gasteiger partial charge is 0.369 e. The van der Waals surface area contributed by atoms with Gasteiger partial charge in [-0.1, -0.05) is 11.6 Å². The number of hydrogen-bond donors (Lipinski definition) is 2. The Kier molecular flexibility index (Phi) is 4.36. The fourth-order valence-electron chi connectivity index (χ4n) is 1.75. The lowest BCUT2D eigenvalue weighted by Gasteiger charge is -2.14. The summed E-state index contributed by atoms with van der Waals surface area (Å²) in [6, 6.07) is 3.92. The van der Waals surface area contributed by atoms with E-state index in [1.807, 2.05) is 12.1 Å². The first kappa shape index (κ1) is 11.6. The van der Waals surface area contributed by atoms with Crippen molar-refractivity contribution < 1.29 is 0 Å². The molecule has 0 atom stereocenters. The first-order chi connectivity index (χ1) is 7.86. The summed E-state index contributed by atoms with van der Waals surface area (Å²) in [6.07, 6.45) is 6.37. The van der Waals surface area contributed by atoms with Gasteiger partial charge in [0.2, 0.25) is 0 Å². The van der Waals surface area contributed by atoms with Crippen molar-refractivity contribution in [1.82, 2.24) is 10.3 Å². The molecule has 0 saturated heterocycles. The third kappa shape index (κ3) is 3.32. The molecule has 0 aliphatic carbocycles. The van der Waals surface area contributed by atoms with E-state index >= 15 is 0 Å². The third-order valence-corrected chi connectivity index (χ3v) is 3.29. The van der Waals surface area contributed by atoms with Crippen molar-refractivity contribution in [3.8, 4) is 0 Å². The zero-order valence-electron chi connectivity index (χ0n) is 9.17. The van der Waals surface area contributed by atoms with E-state index in [2.05, 4.69) is 37.6 Å².